The van der Waals surface area contributed by atoms with Gasteiger partial charge in [0.1, 0.15) is 6.54 Å². The van der Waals surface area contributed by atoms with Crippen molar-refractivity contribution in [3.8, 4) is 0 Å². The van der Waals surface area contributed by atoms with Crippen molar-refractivity contribution in [1.29, 1.82) is 0 Å². The van der Waals surface area contributed by atoms with Crippen molar-refractivity contribution in [2.75, 3.05) is 13.1 Å². The molecule has 2 N–H and O–H groups in total. The predicted molar refractivity (Wildman–Crippen MR) is 104 cm³/mol. The van der Waals surface area contributed by atoms with Gasteiger partial charge in [-0.05, 0) is 37.8 Å². The molecule has 0 radical (unpaired) electrons. The first-order valence-corrected chi connectivity index (χ1v) is 9.68. The average Bonchev–Trinajstić information content (AvgIpc) is 3.27. The van der Waals surface area contributed by atoms with E-state index in [1.165, 1.54) is 22.9 Å². The zero-order valence-corrected chi connectivity index (χ0v) is 16.4. The monoisotopic (exact) mass is 404 g/mol. The molecule has 1 aromatic heterocycles. The van der Waals surface area contributed by atoms with Gasteiger partial charge in [0.25, 0.3) is 0 Å². The van der Waals surface area contributed by atoms with E-state index in [1.54, 1.807) is 0 Å². The lowest BCUT2D eigenvalue weighted by Gasteiger charge is -2.20. The number of benzene rings is 1. The van der Waals surface area contributed by atoms with Crippen LogP contribution < -0.4 is 10.6 Å². The fraction of sp³-hybridized carbons (Fsp3) is 0.474. The van der Waals surface area contributed by atoms with Crippen LogP contribution in [-0.4, -0.2) is 24.2 Å². The minimum atomic E-state index is 0.206. The van der Waals surface area contributed by atoms with Gasteiger partial charge >= 0.3 is 0 Å². The molecule has 1 aromatic carbocycles. The number of halogens is 1. The Kier molecular flexibility index (Phi) is 5.78. The molecule has 0 bridgehead atoms. The van der Waals surface area contributed by atoms with E-state index < -0.39 is 0 Å². The summed E-state index contributed by atoms with van der Waals surface area (Å²) in [7, 11) is 0. The van der Waals surface area contributed by atoms with Crippen molar-refractivity contribution < 1.29 is 4.52 Å². The molecule has 0 aliphatic heterocycles. The molecule has 3 rings (SSSR count). The third-order valence-electron chi connectivity index (χ3n) is 4.60. The van der Waals surface area contributed by atoms with Crippen LogP contribution in [0.2, 0.25) is 0 Å². The molecule has 1 heterocycles. The highest BCUT2D eigenvalue weighted by Crippen LogP contribution is 2.49. The Morgan fingerprint density at radius 1 is 1.28 bits per heavy atom. The number of hydrogen-bond donors (Lipinski definition) is 2. The predicted octanol–water partition coefficient (Wildman–Crippen LogP) is 3.79. The van der Waals surface area contributed by atoms with Crippen molar-refractivity contribution in [3.05, 3.63) is 51.8 Å². The van der Waals surface area contributed by atoms with E-state index in [2.05, 4.69) is 74.8 Å². The summed E-state index contributed by atoms with van der Waals surface area (Å²) in [6, 6.07) is 10.5. The van der Waals surface area contributed by atoms with Crippen LogP contribution in [0.5, 0.6) is 0 Å². The average molecular weight is 405 g/mol. The third-order valence-corrected chi connectivity index (χ3v) is 5.29. The number of nitrogens with zero attached hydrogens (tertiary/aromatic N) is 2. The molecule has 6 heteroatoms. The zero-order valence-electron chi connectivity index (χ0n) is 14.8. The van der Waals surface area contributed by atoms with Gasteiger partial charge in [-0.1, -0.05) is 46.2 Å². The lowest BCUT2D eigenvalue weighted by atomic mass is 9.96. The Labute approximate surface area is 157 Å². The Hall–Kier alpha value is -1.82. The molecule has 2 aromatic rings. The summed E-state index contributed by atoms with van der Waals surface area (Å²) in [5, 5.41) is 10.8. The van der Waals surface area contributed by atoms with E-state index in [4.69, 9.17) is 4.52 Å². The Morgan fingerprint density at radius 2 is 2.08 bits per heavy atom. The second-order valence-corrected chi connectivity index (χ2v) is 7.30. The van der Waals surface area contributed by atoms with Crippen LogP contribution in [0.4, 0.5) is 0 Å². The highest BCUT2D eigenvalue weighted by Gasteiger charge is 2.45. The maximum absolute atomic E-state index is 5.31. The molecule has 0 unspecified atom stereocenters. The minimum absolute atomic E-state index is 0.206. The second kappa shape index (κ2) is 8.04. The normalized spacial score (nSPS) is 15.9. The molecule has 0 amide bonds. The molecule has 1 aliphatic carbocycles. The van der Waals surface area contributed by atoms with Crippen molar-refractivity contribution in [2.45, 2.75) is 45.1 Å². The first kappa shape index (κ1) is 18.0. The van der Waals surface area contributed by atoms with E-state index in [0.717, 1.165) is 36.9 Å². The molecule has 25 heavy (non-hydrogen) atoms. The van der Waals surface area contributed by atoms with Gasteiger partial charge in [0.05, 0.1) is 5.69 Å². The van der Waals surface area contributed by atoms with Crippen molar-refractivity contribution in [3.63, 3.8) is 0 Å². The second-order valence-electron chi connectivity index (χ2n) is 6.45. The zero-order chi connectivity index (χ0) is 17.7. The Bertz CT molecular complexity index is 737. The summed E-state index contributed by atoms with van der Waals surface area (Å²) in [4.78, 5) is 4.63. The van der Waals surface area contributed by atoms with E-state index in [0.29, 0.717) is 6.54 Å². The summed E-state index contributed by atoms with van der Waals surface area (Å²) < 4.78 is 6.49. The number of rotatable bonds is 7. The summed E-state index contributed by atoms with van der Waals surface area (Å²) in [5.74, 6) is 1.61. The van der Waals surface area contributed by atoms with Gasteiger partial charge < -0.3 is 15.2 Å². The molecule has 1 saturated carbocycles. The van der Waals surface area contributed by atoms with Gasteiger partial charge in [0.2, 0.25) is 0 Å². The fourth-order valence-electron chi connectivity index (χ4n) is 2.93. The lowest BCUT2D eigenvalue weighted by Crippen LogP contribution is -2.41. The largest absolute Gasteiger partial charge is 0.359 e. The van der Waals surface area contributed by atoms with Gasteiger partial charge in [-0.15, -0.1) is 0 Å². The lowest BCUT2D eigenvalue weighted by molar-refractivity contribution is 0.379. The van der Waals surface area contributed by atoms with Crippen LogP contribution in [0.25, 0.3) is 0 Å². The minimum Gasteiger partial charge on any atom is -0.359 e. The SMILES string of the molecule is CCNC(=NCc1cc(CC)no1)NCC1(c2ccccc2Br)CC1. The third kappa shape index (κ3) is 4.42. The van der Waals surface area contributed by atoms with Crippen LogP contribution in [0.1, 0.15) is 43.7 Å². The standard InChI is InChI=1S/C19H25BrN4O/c1-3-14-11-15(25-24-14)12-22-18(21-4-2)23-13-19(9-10-19)16-7-5-6-8-17(16)20/h5-8,11H,3-4,9-10,12-13H2,1-2H3,(H2,21,22,23). The molecule has 5 nitrogen and oxygen atoms in total. The van der Waals surface area contributed by atoms with E-state index in [1.807, 2.05) is 6.07 Å². The summed E-state index contributed by atoms with van der Waals surface area (Å²) >= 11 is 3.69. The highest BCUT2D eigenvalue weighted by atomic mass is 79.9. The van der Waals surface area contributed by atoms with Crippen LogP contribution in [-0.2, 0) is 18.4 Å². The number of nitrogens with one attached hydrogen (secondary N) is 2. The van der Waals surface area contributed by atoms with Crippen LogP contribution >= 0.6 is 15.9 Å². The van der Waals surface area contributed by atoms with Gasteiger partial charge in [-0.3, -0.25) is 0 Å². The molecular formula is C19H25BrN4O. The molecule has 1 aliphatic rings. The maximum atomic E-state index is 5.31. The molecule has 0 atom stereocenters. The van der Waals surface area contributed by atoms with Crippen molar-refractivity contribution in [1.82, 2.24) is 15.8 Å². The van der Waals surface area contributed by atoms with Crippen LogP contribution in [0, 0.1) is 0 Å². The van der Waals surface area contributed by atoms with E-state index >= 15 is 0 Å². The summed E-state index contributed by atoms with van der Waals surface area (Å²) in [5.41, 5.74) is 2.55. The first-order valence-electron chi connectivity index (χ1n) is 8.88. The number of aryl methyl sites for hydroxylation is 1. The Morgan fingerprint density at radius 3 is 2.72 bits per heavy atom. The van der Waals surface area contributed by atoms with Crippen molar-refractivity contribution in [2.24, 2.45) is 4.99 Å². The molecule has 134 valence electrons. The quantitative estimate of drug-likeness (QED) is 0.544. The molecule has 1 fully saturated rings. The van der Waals surface area contributed by atoms with Crippen LogP contribution in [0.15, 0.2) is 44.3 Å². The van der Waals surface area contributed by atoms with Crippen molar-refractivity contribution >= 4 is 21.9 Å². The number of aliphatic imine (C=N–C) groups is 1. The molecule has 0 saturated heterocycles. The maximum Gasteiger partial charge on any atom is 0.191 e. The summed E-state index contributed by atoms with van der Waals surface area (Å²) in [6.07, 6.45) is 3.27. The number of aromatic nitrogens is 1. The van der Waals surface area contributed by atoms with E-state index in [-0.39, 0.29) is 5.41 Å². The smallest absolute Gasteiger partial charge is 0.191 e. The highest BCUT2D eigenvalue weighted by molar-refractivity contribution is 9.10. The fourth-order valence-corrected chi connectivity index (χ4v) is 3.64. The topological polar surface area (TPSA) is 62.5 Å². The van der Waals surface area contributed by atoms with Gasteiger partial charge in [-0.25, -0.2) is 4.99 Å². The van der Waals surface area contributed by atoms with E-state index in [9.17, 15) is 0 Å². The summed E-state index contributed by atoms with van der Waals surface area (Å²) in [6.45, 7) is 6.32. The Balaban J connectivity index is 1.64. The number of guanidine groups is 1. The first-order chi connectivity index (χ1) is 12.2. The van der Waals surface area contributed by atoms with Crippen LogP contribution in [0.3, 0.4) is 0 Å². The molecule has 0 spiro atoms. The number of hydrogen-bond acceptors (Lipinski definition) is 3. The van der Waals surface area contributed by atoms with Gasteiger partial charge in [0, 0.05) is 29.0 Å². The van der Waals surface area contributed by atoms with Gasteiger partial charge in [-0.2, -0.15) is 0 Å². The van der Waals surface area contributed by atoms with Gasteiger partial charge in [0.15, 0.2) is 11.7 Å². The molecular weight excluding hydrogens is 380 g/mol.